The van der Waals surface area contributed by atoms with E-state index in [4.69, 9.17) is 9.47 Å². The van der Waals surface area contributed by atoms with E-state index in [1.165, 1.54) is 32.1 Å². The summed E-state index contributed by atoms with van der Waals surface area (Å²) in [5, 5.41) is 0. The van der Waals surface area contributed by atoms with Crippen molar-refractivity contribution in [1.82, 2.24) is 0 Å². The van der Waals surface area contributed by atoms with E-state index in [0.717, 1.165) is 26.2 Å². The molecule has 0 aromatic rings. The molecule has 0 saturated carbocycles. The molecule has 0 aliphatic carbocycles. The van der Waals surface area contributed by atoms with Crippen molar-refractivity contribution in [3.05, 3.63) is 0 Å². The van der Waals surface area contributed by atoms with E-state index in [0.29, 0.717) is 6.10 Å². The predicted octanol–water partition coefficient (Wildman–Crippen LogP) is 3.79. The van der Waals surface area contributed by atoms with Crippen molar-refractivity contribution in [3.8, 4) is 0 Å². The van der Waals surface area contributed by atoms with E-state index in [9.17, 15) is 0 Å². The molecule has 0 spiro atoms. The monoisotopic (exact) mass is 216 g/mol. The van der Waals surface area contributed by atoms with Crippen molar-refractivity contribution < 1.29 is 9.47 Å². The van der Waals surface area contributed by atoms with Crippen molar-refractivity contribution in [2.75, 3.05) is 19.8 Å². The van der Waals surface area contributed by atoms with Crippen molar-refractivity contribution in [2.45, 2.75) is 65.4 Å². The van der Waals surface area contributed by atoms with E-state index in [2.05, 4.69) is 20.8 Å². The Kier molecular flexibility index (Phi) is 11.9. The van der Waals surface area contributed by atoms with Gasteiger partial charge in [0.15, 0.2) is 0 Å². The van der Waals surface area contributed by atoms with E-state index >= 15 is 0 Å². The maximum absolute atomic E-state index is 5.52. The second kappa shape index (κ2) is 12.0. The molecule has 0 bridgehead atoms. The van der Waals surface area contributed by atoms with E-state index in [1.54, 1.807) is 0 Å². The molecule has 0 saturated heterocycles. The summed E-state index contributed by atoms with van der Waals surface area (Å²) in [7, 11) is 0. The van der Waals surface area contributed by atoms with Crippen LogP contribution in [0, 0.1) is 0 Å². The average Bonchev–Trinajstić information content (AvgIpc) is 2.20. The molecular formula is C13H28O2. The fourth-order valence-electron chi connectivity index (χ4n) is 1.36. The third-order valence-corrected chi connectivity index (χ3v) is 2.28. The zero-order chi connectivity index (χ0) is 11.4. The quantitative estimate of drug-likeness (QED) is 0.489. The lowest BCUT2D eigenvalue weighted by atomic mass is 10.2. The lowest BCUT2D eigenvalue weighted by Crippen LogP contribution is -2.04. The first-order valence-electron chi connectivity index (χ1n) is 6.46. The predicted molar refractivity (Wildman–Crippen MR) is 65.3 cm³/mol. The first kappa shape index (κ1) is 14.9. The molecule has 0 aromatic carbocycles. The highest BCUT2D eigenvalue weighted by Gasteiger charge is 1.94. The number of hydrogen-bond acceptors (Lipinski definition) is 2. The van der Waals surface area contributed by atoms with Crippen LogP contribution >= 0.6 is 0 Å². The molecule has 0 amide bonds. The molecule has 0 aliphatic rings. The van der Waals surface area contributed by atoms with Crippen LogP contribution in [0.5, 0.6) is 0 Å². The van der Waals surface area contributed by atoms with Crippen LogP contribution in [0.25, 0.3) is 0 Å². The number of unbranched alkanes of at least 4 members (excludes halogenated alkanes) is 4. The Morgan fingerprint density at radius 2 is 1.40 bits per heavy atom. The van der Waals surface area contributed by atoms with Crippen molar-refractivity contribution >= 4 is 0 Å². The van der Waals surface area contributed by atoms with Gasteiger partial charge in [-0.05, 0) is 39.5 Å². The molecule has 0 fully saturated rings. The van der Waals surface area contributed by atoms with Gasteiger partial charge in [-0.15, -0.1) is 0 Å². The summed E-state index contributed by atoms with van der Waals surface area (Å²) in [6, 6.07) is 0. The fraction of sp³-hybridized carbons (Fsp3) is 1.00. The molecule has 0 unspecified atom stereocenters. The van der Waals surface area contributed by atoms with Crippen LogP contribution in [0.2, 0.25) is 0 Å². The molecule has 0 aliphatic heterocycles. The molecule has 0 radical (unpaired) electrons. The Hall–Kier alpha value is -0.0800. The molecule has 2 heteroatoms. The smallest absolute Gasteiger partial charge is 0.0518 e. The maximum Gasteiger partial charge on any atom is 0.0518 e. The van der Waals surface area contributed by atoms with Gasteiger partial charge in [0.25, 0.3) is 0 Å². The first-order chi connectivity index (χ1) is 7.27. The van der Waals surface area contributed by atoms with Gasteiger partial charge in [0.1, 0.15) is 0 Å². The van der Waals surface area contributed by atoms with Gasteiger partial charge in [0.2, 0.25) is 0 Å². The van der Waals surface area contributed by atoms with Crippen molar-refractivity contribution in [1.29, 1.82) is 0 Å². The molecule has 2 nitrogen and oxygen atoms in total. The summed E-state index contributed by atoms with van der Waals surface area (Å²) >= 11 is 0. The molecule has 0 rings (SSSR count). The summed E-state index contributed by atoms with van der Waals surface area (Å²) in [5.41, 5.74) is 0. The minimum absolute atomic E-state index is 0.371. The van der Waals surface area contributed by atoms with Gasteiger partial charge in [0.05, 0.1) is 6.10 Å². The van der Waals surface area contributed by atoms with Gasteiger partial charge in [-0.25, -0.2) is 0 Å². The second-order valence-electron chi connectivity index (χ2n) is 4.30. The summed E-state index contributed by atoms with van der Waals surface area (Å²) in [4.78, 5) is 0. The minimum atomic E-state index is 0.371. The summed E-state index contributed by atoms with van der Waals surface area (Å²) in [5.74, 6) is 0. The van der Waals surface area contributed by atoms with Gasteiger partial charge < -0.3 is 9.47 Å². The van der Waals surface area contributed by atoms with Gasteiger partial charge in [0, 0.05) is 19.8 Å². The Balaban J connectivity index is 2.87. The van der Waals surface area contributed by atoms with Crippen LogP contribution in [-0.2, 0) is 9.47 Å². The third kappa shape index (κ3) is 13.9. The molecule has 0 atom stereocenters. The second-order valence-corrected chi connectivity index (χ2v) is 4.30. The Bertz CT molecular complexity index is 113. The lowest BCUT2D eigenvalue weighted by molar-refractivity contribution is 0.0726. The minimum Gasteiger partial charge on any atom is -0.381 e. The summed E-state index contributed by atoms with van der Waals surface area (Å²) < 4.78 is 11.0. The summed E-state index contributed by atoms with van der Waals surface area (Å²) in [6.07, 6.45) is 7.71. The zero-order valence-corrected chi connectivity index (χ0v) is 10.8. The van der Waals surface area contributed by atoms with Gasteiger partial charge in [-0.2, -0.15) is 0 Å². The van der Waals surface area contributed by atoms with Crippen LogP contribution in [-0.4, -0.2) is 25.9 Å². The molecule has 0 aromatic heterocycles. The first-order valence-corrected chi connectivity index (χ1v) is 6.46. The van der Waals surface area contributed by atoms with Gasteiger partial charge >= 0.3 is 0 Å². The Morgan fingerprint density at radius 1 is 0.800 bits per heavy atom. The van der Waals surface area contributed by atoms with E-state index < -0.39 is 0 Å². The van der Waals surface area contributed by atoms with E-state index in [1.807, 2.05) is 0 Å². The van der Waals surface area contributed by atoms with Crippen LogP contribution in [0.3, 0.4) is 0 Å². The normalized spacial score (nSPS) is 11.2. The third-order valence-electron chi connectivity index (χ3n) is 2.28. The van der Waals surface area contributed by atoms with Gasteiger partial charge in [-0.3, -0.25) is 0 Å². The highest BCUT2D eigenvalue weighted by atomic mass is 16.5. The summed E-state index contributed by atoms with van der Waals surface area (Å²) in [6.45, 7) is 9.14. The topological polar surface area (TPSA) is 18.5 Å². The van der Waals surface area contributed by atoms with Crippen LogP contribution in [0.1, 0.15) is 59.3 Å². The lowest BCUT2D eigenvalue weighted by Gasteiger charge is -2.07. The zero-order valence-electron chi connectivity index (χ0n) is 10.8. The van der Waals surface area contributed by atoms with Crippen LogP contribution in [0.15, 0.2) is 0 Å². The Labute approximate surface area is 95.3 Å². The van der Waals surface area contributed by atoms with Crippen molar-refractivity contribution in [2.24, 2.45) is 0 Å². The standard InChI is InChI=1S/C13H28O2/c1-4-5-7-10-14-11-8-6-9-12-15-13(2)3/h13H,4-12H2,1-3H3. The molecular weight excluding hydrogens is 188 g/mol. The average molecular weight is 216 g/mol. The highest BCUT2D eigenvalue weighted by Crippen LogP contribution is 2.00. The fourth-order valence-corrected chi connectivity index (χ4v) is 1.36. The molecule has 15 heavy (non-hydrogen) atoms. The van der Waals surface area contributed by atoms with E-state index in [-0.39, 0.29) is 0 Å². The maximum atomic E-state index is 5.52. The van der Waals surface area contributed by atoms with Gasteiger partial charge in [-0.1, -0.05) is 19.8 Å². The highest BCUT2D eigenvalue weighted by molar-refractivity contribution is 4.43. The van der Waals surface area contributed by atoms with Crippen LogP contribution in [0.4, 0.5) is 0 Å². The largest absolute Gasteiger partial charge is 0.381 e. The van der Waals surface area contributed by atoms with Crippen LogP contribution < -0.4 is 0 Å². The SMILES string of the molecule is CCCCCOCCCCCOC(C)C. The molecule has 0 heterocycles. The molecule has 0 N–H and O–H groups in total. The molecule has 92 valence electrons. The number of rotatable bonds is 11. The number of ether oxygens (including phenoxy) is 2. The number of hydrogen-bond donors (Lipinski definition) is 0. The van der Waals surface area contributed by atoms with Crippen molar-refractivity contribution in [3.63, 3.8) is 0 Å². The Morgan fingerprint density at radius 3 is 2.00 bits per heavy atom.